The van der Waals surface area contributed by atoms with Crippen molar-refractivity contribution in [3.63, 3.8) is 0 Å². The van der Waals surface area contributed by atoms with Crippen LogP contribution in [0.1, 0.15) is 46.0 Å². The molecule has 1 aromatic carbocycles. The van der Waals surface area contributed by atoms with Crippen LogP contribution in [0.25, 0.3) is 0 Å². The minimum atomic E-state index is -0.241. The lowest BCUT2D eigenvalue weighted by atomic mass is 9.98. The van der Waals surface area contributed by atoms with Crippen LogP contribution in [0.2, 0.25) is 0 Å². The Kier molecular flexibility index (Phi) is 5.42. The quantitative estimate of drug-likeness (QED) is 0.631. The third-order valence-corrected chi connectivity index (χ3v) is 4.17. The van der Waals surface area contributed by atoms with Crippen molar-refractivity contribution >= 4 is 17.1 Å². The highest BCUT2D eigenvalue weighted by Gasteiger charge is 2.29. The molecule has 0 aliphatic carbocycles. The van der Waals surface area contributed by atoms with E-state index in [0.29, 0.717) is 11.7 Å². The fourth-order valence-corrected chi connectivity index (χ4v) is 3.10. The molecule has 116 valence electrons. The summed E-state index contributed by atoms with van der Waals surface area (Å²) < 4.78 is 0. The van der Waals surface area contributed by atoms with Crippen molar-refractivity contribution in [1.82, 2.24) is 0 Å². The lowest BCUT2D eigenvalue weighted by Crippen LogP contribution is -2.39. The normalized spacial score (nSPS) is 18.6. The van der Waals surface area contributed by atoms with Crippen molar-refractivity contribution in [3.8, 4) is 0 Å². The second-order valence-electron chi connectivity index (χ2n) is 5.61. The van der Waals surface area contributed by atoms with Gasteiger partial charge in [0.1, 0.15) is 11.4 Å². The number of benzene rings is 1. The third-order valence-electron chi connectivity index (χ3n) is 4.17. The molecular weight excluding hydrogens is 266 g/mol. The van der Waals surface area contributed by atoms with E-state index in [2.05, 4.69) is 24.1 Å². The van der Waals surface area contributed by atoms with Crippen molar-refractivity contribution < 1.29 is 4.92 Å². The van der Waals surface area contributed by atoms with Crippen molar-refractivity contribution in [2.45, 2.75) is 52.0 Å². The molecule has 0 saturated carbocycles. The molecule has 1 saturated heterocycles. The van der Waals surface area contributed by atoms with Gasteiger partial charge in [0.15, 0.2) is 0 Å². The third kappa shape index (κ3) is 3.46. The number of nitro benzene ring substituents is 1. The van der Waals surface area contributed by atoms with Crippen molar-refractivity contribution in [1.29, 1.82) is 0 Å². The zero-order valence-electron chi connectivity index (χ0n) is 13.0. The number of para-hydroxylation sites is 1. The maximum Gasteiger partial charge on any atom is 0.315 e. The average molecular weight is 291 g/mol. The van der Waals surface area contributed by atoms with Gasteiger partial charge in [-0.15, -0.1) is 0 Å². The van der Waals surface area contributed by atoms with E-state index >= 15 is 0 Å². The molecule has 0 aromatic heterocycles. The van der Waals surface area contributed by atoms with Gasteiger partial charge in [-0.25, -0.2) is 0 Å². The Hall–Kier alpha value is -1.78. The van der Waals surface area contributed by atoms with Gasteiger partial charge < -0.3 is 10.2 Å². The topological polar surface area (TPSA) is 58.4 Å². The monoisotopic (exact) mass is 291 g/mol. The number of hydrogen-bond donors (Lipinski definition) is 1. The molecule has 0 bridgehead atoms. The second-order valence-corrected chi connectivity index (χ2v) is 5.61. The molecule has 1 N–H and O–H groups in total. The van der Waals surface area contributed by atoms with E-state index in [9.17, 15) is 10.1 Å². The molecule has 1 fully saturated rings. The summed E-state index contributed by atoms with van der Waals surface area (Å²) in [5.41, 5.74) is 1.64. The molecule has 1 aliphatic rings. The van der Waals surface area contributed by atoms with Gasteiger partial charge in [0, 0.05) is 19.1 Å². The first-order valence-corrected chi connectivity index (χ1v) is 7.97. The first-order valence-electron chi connectivity index (χ1n) is 7.97. The Morgan fingerprint density at radius 2 is 2.19 bits per heavy atom. The van der Waals surface area contributed by atoms with E-state index in [1.807, 2.05) is 18.2 Å². The summed E-state index contributed by atoms with van der Waals surface area (Å²) in [6.45, 7) is 5.88. The Morgan fingerprint density at radius 3 is 2.86 bits per heavy atom. The molecule has 0 spiro atoms. The smallest absolute Gasteiger partial charge is 0.315 e. The average Bonchev–Trinajstić information content (AvgIpc) is 2.52. The van der Waals surface area contributed by atoms with Crippen molar-refractivity contribution in [2.24, 2.45) is 0 Å². The van der Waals surface area contributed by atoms with E-state index in [0.717, 1.165) is 44.5 Å². The Morgan fingerprint density at radius 1 is 1.38 bits per heavy atom. The molecular formula is C16H25N3O2. The van der Waals surface area contributed by atoms with Crippen LogP contribution in [-0.4, -0.2) is 24.1 Å². The highest BCUT2D eigenvalue weighted by atomic mass is 16.6. The van der Waals surface area contributed by atoms with Gasteiger partial charge in [-0.2, -0.15) is 0 Å². The Bertz CT molecular complexity index is 490. The van der Waals surface area contributed by atoms with Crippen LogP contribution in [0.15, 0.2) is 18.2 Å². The molecule has 1 aliphatic heterocycles. The number of rotatable bonds is 6. The first-order chi connectivity index (χ1) is 10.2. The Labute approximate surface area is 126 Å². The number of hydrogen-bond acceptors (Lipinski definition) is 4. The van der Waals surface area contributed by atoms with Crippen LogP contribution < -0.4 is 10.2 Å². The zero-order chi connectivity index (χ0) is 15.2. The van der Waals surface area contributed by atoms with Crippen molar-refractivity contribution in [3.05, 3.63) is 28.3 Å². The summed E-state index contributed by atoms with van der Waals surface area (Å²) in [5, 5.41) is 14.8. The van der Waals surface area contributed by atoms with E-state index < -0.39 is 0 Å². The molecule has 1 unspecified atom stereocenters. The van der Waals surface area contributed by atoms with Gasteiger partial charge in [-0.1, -0.05) is 19.9 Å². The summed E-state index contributed by atoms with van der Waals surface area (Å²) in [5.74, 6) is 0. The first kappa shape index (κ1) is 15.6. The SMILES string of the molecule is CCCNc1cccc(N2CCCCC2CC)c1[N+](=O)[O-]. The van der Waals surface area contributed by atoms with Crippen LogP contribution >= 0.6 is 0 Å². The van der Waals surface area contributed by atoms with Gasteiger partial charge in [0.2, 0.25) is 0 Å². The molecule has 2 rings (SSSR count). The largest absolute Gasteiger partial charge is 0.379 e. The minimum absolute atomic E-state index is 0.228. The lowest BCUT2D eigenvalue weighted by molar-refractivity contribution is -0.383. The maximum absolute atomic E-state index is 11.6. The van der Waals surface area contributed by atoms with Crippen LogP contribution in [-0.2, 0) is 0 Å². The fourth-order valence-electron chi connectivity index (χ4n) is 3.10. The summed E-state index contributed by atoms with van der Waals surface area (Å²) in [6.07, 6.45) is 5.43. The maximum atomic E-state index is 11.6. The van der Waals surface area contributed by atoms with Crippen LogP contribution in [0.3, 0.4) is 0 Å². The van der Waals surface area contributed by atoms with Gasteiger partial charge in [-0.05, 0) is 44.2 Å². The summed E-state index contributed by atoms with van der Waals surface area (Å²) in [4.78, 5) is 13.6. The van der Waals surface area contributed by atoms with Gasteiger partial charge >= 0.3 is 5.69 Å². The van der Waals surface area contributed by atoms with Gasteiger partial charge in [0.05, 0.1) is 4.92 Å². The number of nitro groups is 1. The van der Waals surface area contributed by atoms with Gasteiger partial charge in [-0.3, -0.25) is 10.1 Å². The number of piperidine rings is 1. The van der Waals surface area contributed by atoms with Crippen LogP contribution in [0.5, 0.6) is 0 Å². The molecule has 21 heavy (non-hydrogen) atoms. The van der Waals surface area contributed by atoms with E-state index in [1.54, 1.807) is 0 Å². The molecule has 1 aromatic rings. The minimum Gasteiger partial charge on any atom is -0.379 e. The zero-order valence-corrected chi connectivity index (χ0v) is 13.0. The molecule has 0 amide bonds. The standard InChI is InChI=1S/C16H25N3O2/c1-3-11-17-14-9-7-10-15(16(14)19(20)21)18-12-6-5-8-13(18)4-2/h7,9-10,13,17H,3-6,8,11-12H2,1-2H3. The van der Waals surface area contributed by atoms with E-state index in [4.69, 9.17) is 0 Å². The second kappa shape index (κ2) is 7.29. The summed E-state index contributed by atoms with van der Waals surface area (Å²) in [6, 6.07) is 6.03. The van der Waals surface area contributed by atoms with E-state index in [-0.39, 0.29) is 10.6 Å². The van der Waals surface area contributed by atoms with Crippen LogP contribution in [0.4, 0.5) is 17.1 Å². The summed E-state index contributed by atoms with van der Waals surface area (Å²) >= 11 is 0. The molecule has 0 radical (unpaired) electrons. The molecule has 1 heterocycles. The highest BCUT2D eigenvalue weighted by molar-refractivity contribution is 5.77. The number of nitrogens with one attached hydrogen (secondary N) is 1. The molecule has 5 heteroatoms. The summed E-state index contributed by atoms with van der Waals surface area (Å²) in [7, 11) is 0. The predicted molar refractivity (Wildman–Crippen MR) is 87.2 cm³/mol. The molecule has 1 atom stereocenters. The van der Waals surface area contributed by atoms with Gasteiger partial charge in [0.25, 0.3) is 0 Å². The predicted octanol–water partition coefficient (Wildman–Crippen LogP) is 4.19. The molecule has 5 nitrogen and oxygen atoms in total. The number of nitrogens with zero attached hydrogens (tertiary/aromatic N) is 2. The lowest BCUT2D eigenvalue weighted by Gasteiger charge is -2.37. The number of anilines is 2. The fraction of sp³-hybridized carbons (Fsp3) is 0.625. The van der Waals surface area contributed by atoms with Crippen molar-refractivity contribution in [2.75, 3.05) is 23.3 Å². The highest BCUT2D eigenvalue weighted by Crippen LogP contribution is 2.38. The Balaban J connectivity index is 2.39. The van der Waals surface area contributed by atoms with Crippen LogP contribution in [0, 0.1) is 10.1 Å². The van der Waals surface area contributed by atoms with E-state index in [1.165, 1.54) is 6.42 Å².